The monoisotopic (exact) mass is 221 g/mol. The van der Waals surface area contributed by atoms with Crippen molar-refractivity contribution in [3.8, 4) is 5.75 Å². The second-order valence-electron chi connectivity index (χ2n) is 4.37. The van der Waals surface area contributed by atoms with Crippen molar-refractivity contribution in [1.29, 1.82) is 0 Å². The van der Waals surface area contributed by atoms with Crippen LogP contribution in [0.2, 0.25) is 0 Å². The van der Waals surface area contributed by atoms with E-state index in [1.165, 1.54) is 11.1 Å². The van der Waals surface area contributed by atoms with Gasteiger partial charge in [0.15, 0.2) is 0 Å². The van der Waals surface area contributed by atoms with Gasteiger partial charge < -0.3 is 9.64 Å². The zero-order chi connectivity index (χ0) is 12.0. The van der Waals surface area contributed by atoms with E-state index in [-0.39, 0.29) is 0 Å². The molecule has 16 heavy (non-hydrogen) atoms. The van der Waals surface area contributed by atoms with Gasteiger partial charge in [0.05, 0.1) is 6.61 Å². The molecule has 0 aliphatic rings. The van der Waals surface area contributed by atoms with Crippen LogP contribution in [0.4, 0.5) is 0 Å². The molecule has 0 aliphatic heterocycles. The standard InChI is InChI=1S/C14H23NO/c1-5-15(4)9-6-10-16-14-8-7-12(2)11-13(14)3/h7-8,11H,5-6,9-10H2,1-4H3. The lowest BCUT2D eigenvalue weighted by molar-refractivity contribution is 0.267. The van der Waals surface area contributed by atoms with Gasteiger partial charge in [0.25, 0.3) is 0 Å². The van der Waals surface area contributed by atoms with Crippen LogP contribution >= 0.6 is 0 Å². The predicted molar refractivity (Wildman–Crippen MR) is 69.2 cm³/mol. The van der Waals surface area contributed by atoms with Gasteiger partial charge in [0.2, 0.25) is 0 Å². The van der Waals surface area contributed by atoms with E-state index in [4.69, 9.17) is 4.74 Å². The van der Waals surface area contributed by atoms with Gasteiger partial charge in [-0.3, -0.25) is 0 Å². The second kappa shape index (κ2) is 6.54. The van der Waals surface area contributed by atoms with Crippen molar-refractivity contribution in [3.63, 3.8) is 0 Å². The Morgan fingerprint density at radius 3 is 2.62 bits per heavy atom. The van der Waals surface area contributed by atoms with Crippen LogP contribution in [0.3, 0.4) is 0 Å². The van der Waals surface area contributed by atoms with Crippen LogP contribution in [0, 0.1) is 13.8 Å². The van der Waals surface area contributed by atoms with E-state index in [0.29, 0.717) is 0 Å². The molecule has 0 bridgehead atoms. The molecular weight excluding hydrogens is 198 g/mol. The van der Waals surface area contributed by atoms with Crippen molar-refractivity contribution >= 4 is 0 Å². The van der Waals surface area contributed by atoms with Crippen LogP contribution in [0.15, 0.2) is 18.2 Å². The Hall–Kier alpha value is -1.02. The topological polar surface area (TPSA) is 12.5 Å². The summed E-state index contributed by atoms with van der Waals surface area (Å²) in [5.41, 5.74) is 2.51. The van der Waals surface area contributed by atoms with Gasteiger partial charge in [-0.1, -0.05) is 24.6 Å². The van der Waals surface area contributed by atoms with Crippen LogP contribution in [-0.4, -0.2) is 31.6 Å². The summed E-state index contributed by atoms with van der Waals surface area (Å²) in [4.78, 5) is 2.30. The van der Waals surface area contributed by atoms with Crippen molar-refractivity contribution in [2.75, 3.05) is 26.7 Å². The first kappa shape index (κ1) is 13.0. The molecule has 0 unspecified atom stereocenters. The minimum Gasteiger partial charge on any atom is -0.493 e. The number of benzene rings is 1. The molecule has 1 rings (SSSR count). The molecule has 0 atom stereocenters. The molecule has 0 amide bonds. The molecule has 0 saturated heterocycles. The van der Waals surface area contributed by atoms with Crippen molar-refractivity contribution < 1.29 is 4.74 Å². The SMILES string of the molecule is CCN(C)CCCOc1ccc(C)cc1C. The third-order valence-corrected chi connectivity index (χ3v) is 2.81. The maximum atomic E-state index is 5.76. The quantitative estimate of drug-likeness (QED) is 0.685. The fourth-order valence-corrected chi connectivity index (χ4v) is 1.64. The summed E-state index contributed by atoms with van der Waals surface area (Å²) in [5.74, 6) is 1.02. The molecule has 1 aromatic carbocycles. The predicted octanol–water partition coefficient (Wildman–Crippen LogP) is 3.02. The number of nitrogens with zero attached hydrogens (tertiary/aromatic N) is 1. The van der Waals surface area contributed by atoms with Crippen LogP contribution in [0.1, 0.15) is 24.5 Å². The van der Waals surface area contributed by atoms with Crippen LogP contribution in [0.5, 0.6) is 5.75 Å². The molecular formula is C14H23NO. The van der Waals surface area contributed by atoms with E-state index in [1.807, 2.05) is 0 Å². The molecule has 0 heterocycles. The lowest BCUT2D eigenvalue weighted by Gasteiger charge is -2.14. The lowest BCUT2D eigenvalue weighted by Crippen LogP contribution is -2.20. The van der Waals surface area contributed by atoms with Crippen molar-refractivity contribution in [1.82, 2.24) is 4.90 Å². The summed E-state index contributed by atoms with van der Waals surface area (Å²) in [5, 5.41) is 0. The first-order chi connectivity index (χ1) is 7.63. The van der Waals surface area contributed by atoms with Gasteiger partial charge in [-0.15, -0.1) is 0 Å². The highest BCUT2D eigenvalue weighted by Gasteiger charge is 2.00. The maximum Gasteiger partial charge on any atom is 0.122 e. The Bertz CT molecular complexity index is 323. The lowest BCUT2D eigenvalue weighted by atomic mass is 10.1. The average molecular weight is 221 g/mol. The maximum absolute atomic E-state index is 5.76. The van der Waals surface area contributed by atoms with Crippen LogP contribution in [-0.2, 0) is 0 Å². The highest BCUT2D eigenvalue weighted by atomic mass is 16.5. The normalized spacial score (nSPS) is 10.8. The summed E-state index contributed by atoms with van der Waals surface area (Å²) in [6, 6.07) is 6.32. The van der Waals surface area contributed by atoms with E-state index in [2.05, 4.69) is 50.9 Å². The molecule has 2 nitrogen and oxygen atoms in total. The molecule has 2 heteroatoms. The summed E-state index contributed by atoms with van der Waals surface area (Å²) in [6.07, 6.45) is 1.08. The number of ether oxygens (including phenoxy) is 1. The number of hydrogen-bond acceptors (Lipinski definition) is 2. The molecule has 0 aromatic heterocycles. The average Bonchev–Trinajstić information content (AvgIpc) is 2.26. The number of rotatable bonds is 6. The third kappa shape index (κ3) is 4.23. The van der Waals surface area contributed by atoms with E-state index in [9.17, 15) is 0 Å². The van der Waals surface area contributed by atoms with Gasteiger partial charge in [0.1, 0.15) is 5.75 Å². The van der Waals surface area contributed by atoms with E-state index in [1.54, 1.807) is 0 Å². The minimum absolute atomic E-state index is 0.800. The van der Waals surface area contributed by atoms with E-state index >= 15 is 0 Å². The zero-order valence-corrected chi connectivity index (χ0v) is 10.9. The Morgan fingerprint density at radius 2 is 2.00 bits per heavy atom. The van der Waals surface area contributed by atoms with E-state index in [0.717, 1.165) is 31.9 Å². The van der Waals surface area contributed by atoms with Crippen molar-refractivity contribution in [2.45, 2.75) is 27.2 Å². The van der Waals surface area contributed by atoms with Crippen molar-refractivity contribution in [3.05, 3.63) is 29.3 Å². The fraction of sp³-hybridized carbons (Fsp3) is 0.571. The first-order valence-corrected chi connectivity index (χ1v) is 6.02. The highest BCUT2D eigenvalue weighted by molar-refractivity contribution is 5.35. The summed E-state index contributed by atoms with van der Waals surface area (Å²) >= 11 is 0. The Morgan fingerprint density at radius 1 is 1.25 bits per heavy atom. The van der Waals surface area contributed by atoms with Gasteiger partial charge >= 0.3 is 0 Å². The number of aryl methyl sites for hydroxylation is 2. The first-order valence-electron chi connectivity index (χ1n) is 6.02. The zero-order valence-electron chi connectivity index (χ0n) is 10.9. The summed E-state index contributed by atoms with van der Waals surface area (Å²) in [6.45, 7) is 9.37. The van der Waals surface area contributed by atoms with E-state index < -0.39 is 0 Å². The smallest absolute Gasteiger partial charge is 0.122 e. The molecule has 0 N–H and O–H groups in total. The second-order valence-corrected chi connectivity index (χ2v) is 4.37. The molecule has 0 spiro atoms. The molecule has 0 saturated carbocycles. The highest BCUT2D eigenvalue weighted by Crippen LogP contribution is 2.18. The van der Waals surface area contributed by atoms with Gasteiger partial charge in [-0.05, 0) is 45.5 Å². The number of hydrogen-bond donors (Lipinski definition) is 0. The molecule has 0 aliphatic carbocycles. The van der Waals surface area contributed by atoms with Crippen LogP contribution < -0.4 is 4.74 Å². The molecule has 1 aromatic rings. The molecule has 0 fully saturated rings. The molecule has 0 radical (unpaired) electrons. The summed E-state index contributed by atoms with van der Waals surface area (Å²) < 4.78 is 5.76. The third-order valence-electron chi connectivity index (χ3n) is 2.81. The Balaban J connectivity index is 2.32. The Kier molecular flexibility index (Phi) is 5.33. The largest absolute Gasteiger partial charge is 0.493 e. The Labute approximate surface area is 99.2 Å². The van der Waals surface area contributed by atoms with Gasteiger partial charge in [0, 0.05) is 6.54 Å². The summed E-state index contributed by atoms with van der Waals surface area (Å²) in [7, 11) is 2.14. The molecule has 90 valence electrons. The van der Waals surface area contributed by atoms with Gasteiger partial charge in [-0.2, -0.15) is 0 Å². The van der Waals surface area contributed by atoms with Gasteiger partial charge in [-0.25, -0.2) is 0 Å². The van der Waals surface area contributed by atoms with Crippen LogP contribution in [0.25, 0.3) is 0 Å². The minimum atomic E-state index is 0.800. The fourth-order valence-electron chi connectivity index (χ4n) is 1.64. The van der Waals surface area contributed by atoms with Crippen molar-refractivity contribution in [2.24, 2.45) is 0 Å².